The van der Waals surface area contributed by atoms with E-state index < -0.39 is 11.3 Å². The van der Waals surface area contributed by atoms with E-state index in [1.54, 1.807) is 0 Å². The summed E-state index contributed by atoms with van der Waals surface area (Å²) in [5.74, 6) is -2.48. The molecule has 82 valence electrons. The van der Waals surface area contributed by atoms with Gasteiger partial charge in [-0.15, -0.1) is 0 Å². The summed E-state index contributed by atoms with van der Waals surface area (Å²) in [6.07, 6.45) is 1.56. The Bertz CT molecular complexity index is 216. The van der Waals surface area contributed by atoms with Crippen LogP contribution in [0.25, 0.3) is 0 Å². The highest BCUT2D eigenvalue weighted by Crippen LogP contribution is 2.46. The molecular weight excluding hydrogens is 186 g/mol. The van der Waals surface area contributed by atoms with Gasteiger partial charge in [0, 0.05) is 26.1 Å². The van der Waals surface area contributed by atoms with Crippen LogP contribution >= 0.6 is 0 Å². The fourth-order valence-corrected chi connectivity index (χ4v) is 2.77. The molecule has 0 aliphatic carbocycles. The molecule has 0 radical (unpaired) electrons. The largest absolute Gasteiger partial charge is 0.316 e. The van der Waals surface area contributed by atoms with Gasteiger partial charge in [-0.25, -0.2) is 8.78 Å². The molecule has 0 aromatic heterocycles. The molecule has 0 saturated carbocycles. The van der Waals surface area contributed by atoms with E-state index in [1.807, 2.05) is 11.9 Å². The highest BCUT2D eigenvalue weighted by atomic mass is 19.3. The second-order valence-electron chi connectivity index (χ2n) is 4.75. The number of alkyl halides is 2. The number of nitrogens with zero attached hydrogens (tertiary/aromatic N) is 1. The molecule has 0 aromatic carbocycles. The van der Waals surface area contributed by atoms with Crippen molar-refractivity contribution in [3.8, 4) is 0 Å². The van der Waals surface area contributed by atoms with Crippen molar-refractivity contribution in [2.24, 2.45) is 5.41 Å². The Morgan fingerprint density at radius 2 is 2.07 bits per heavy atom. The van der Waals surface area contributed by atoms with Crippen LogP contribution in [0.3, 0.4) is 0 Å². The summed E-state index contributed by atoms with van der Waals surface area (Å²) in [7, 11) is 1.94. The second-order valence-corrected chi connectivity index (χ2v) is 4.75. The lowest BCUT2D eigenvalue weighted by molar-refractivity contribution is -0.163. The van der Waals surface area contributed by atoms with Crippen molar-refractivity contribution in [3.05, 3.63) is 0 Å². The monoisotopic (exact) mass is 204 g/mol. The van der Waals surface area contributed by atoms with E-state index >= 15 is 0 Å². The van der Waals surface area contributed by atoms with E-state index in [2.05, 4.69) is 5.32 Å². The van der Waals surface area contributed by atoms with E-state index in [0.29, 0.717) is 26.1 Å². The van der Waals surface area contributed by atoms with Gasteiger partial charge in [-0.2, -0.15) is 0 Å². The molecule has 1 spiro atoms. The predicted molar refractivity (Wildman–Crippen MR) is 51.6 cm³/mol. The molecule has 0 amide bonds. The van der Waals surface area contributed by atoms with Crippen molar-refractivity contribution >= 4 is 0 Å². The predicted octanol–water partition coefficient (Wildman–Crippen LogP) is 1.33. The summed E-state index contributed by atoms with van der Waals surface area (Å²) in [6, 6.07) is 0. The van der Waals surface area contributed by atoms with E-state index in [9.17, 15) is 8.78 Å². The van der Waals surface area contributed by atoms with Gasteiger partial charge in [0.2, 0.25) is 0 Å². The number of halogens is 2. The average Bonchev–Trinajstić information content (AvgIpc) is 2.11. The van der Waals surface area contributed by atoms with Crippen molar-refractivity contribution < 1.29 is 8.78 Å². The number of hydrogen-bond acceptors (Lipinski definition) is 2. The summed E-state index contributed by atoms with van der Waals surface area (Å²) < 4.78 is 27.7. The molecule has 0 aromatic rings. The van der Waals surface area contributed by atoms with E-state index in [-0.39, 0.29) is 6.42 Å². The normalized spacial score (nSPS) is 38.8. The lowest BCUT2D eigenvalue weighted by atomic mass is 9.71. The summed E-state index contributed by atoms with van der Waals surface area (Å²) in [5, 5.41) is 3.11. The topological polar surface area (TPSA) is 15.3 Å². The van der Waals surface area contributed by atoms with Crippen molar-refractivity contribution in [1.29, 1.82) is 0 Å². The Balaban J connectivity index is 2.18. The minimum absolute atomic E-state index is 0.000833. The highest BCUT2D eigenvalue weighted by molar-refractivity contribution is 5.01. The van der Waals surface area contributed by atoms with E-state index in [4.69, 9.17) is 0 Å². The maximum absolute atomic E-state index is 13.9. The second kappa shape index (κ2) is 3.42. The third kappa shape index (κ3) is 1.54. The lowest BCUT2D eigenvalue weighted by Crippen LogP contribution is -2.60. The van der Waals surface area contributed by atoms with Crippen molar-refractivity contribution in [2.45, 2.75) is 25.2 Å². The van der Waals surface area contributed by atoms with Crippen LogP contribution in [0.1, 0.15) is 19.3 Å². The molecule has 4 heteroatoms. The van der Waals surface area contributed by atoms with Gasteiger partial charge in [-0.1, -0.05) is 0 Å². The fraction of sp³-hybridized carbons (Fsp3) is 1.00. The van der Waals surface area contributed by atoms with Gasteiger partial charge in [0.1, 0.15) is 0 Å². The Morgan fingerprint density at radius 3 is 2.71 bits per heavy atom. The smallest absolute Gasteiger partial charge is 0.257 e. The zero-order valence-electron chi connectivity index (χ0n) is 8.65. The summed E-state index contributed by atoms with van der Waals surface area (Å²) in [4.78, 5) is 2.03. The van der Waals surface area contributed by atoms with Crippen LogP contribution in [0.15, 0.2) is 0 Å². The molecule has 2 aliphatic heterocycles. The Labute approximate surface area is 83.7 Å². The summed E-state index contributed by atoms with van der Waals surface area (Å²) >= 11 is 0. The molecule has 2 saturated heterocycles. The van der Waals surface area contributed by atoms with Crippen molar-refractivity contribution in [2.75, 3.05) is 33.2 Å². The fourth-order valence-electron chi connectivity index (χ4n) is 2.77. The summed E-state index contributed by atoms with van der Waals surface area (Å²) in [6.45, 7) is 2.42. The standard InChI is InChI=1S/C10H18F2N2/c1-14-6-2-3-9(8-14)7-13-5-4-10(9,11)12/h13H,2-8H2,1H3. The lowest BCUT2D eigenvalue weighted by Gasteiger charge is -2.49. The van der Waals surface area contributed by atoms with Crippen LogP contribution in [-0.4, -0.2) is 44.0 Å². The number of nitrogens with one attached hydrogen (secondary N) is 1. The molecule has 1 unspecified atom stereocenters. The SMILES string of the molecule is CN1CCCC2(CNCCC2(F)F)C1. The molecule has 14 heavy (non-hydrogen) atoms. The first-order chi connectivity index (χ1) is 6.56. The first-order valence-electron chi connectivity index (χ1n) is 5.33. The molecule has 2 heterocycles. The number of hydrogen-bond donors (Lipinski definition) is 1. The van der Waals surface area contributed by atoms with Crippen LogP contribution in [0.2, 0.25) is 0 Å². The first-order valence-corrected chi connectivity index (χ1v) is 5.33. The van der Waals surface area contributed by atoms with Gasteiger partial charge < -0.3 is 10.2 Å². The van der Waals surface area contributed by atoms with Crippen LogP contribution in [0.4, 0.5) is 8.78 Å². The maximum Gasteiger partial charge on any atom is 0.257 e. The maximum atomic E-state index is 13.9. The van der Waals surface area contributed by atoms with Gasteiger partial charge in [0.15, 0.2) is 0 Å². The van der Waals surface area contributed by atoms with Crippen LogP contribution < -0.4 is 5.32 Å². The third-order valence-corrected chi connectivity index (χ3v) is 3.62. The van der Waals surface area contributed by atoms with E-state index in [1.165, 1.54) is 0 Å². The van der Waals surface area contributed by atoms with Crippen molar-refractivity contribution in [3.63, 3.8) is 0 Å². The molecular formula is C10H18F2N2. The van der Waals surface area contributed by atoms with Crippen LogP contribution in [-0.2, 0) is 0 Å². The number of rotatable bonds is 0. The quantitative estimate of drug-likeness (QED) is 0.640. The van der Waals surface area contributed by atoms with Gasteiger partial charge in [0.25, 0.3) is 5.92 Å². The number of likely N-dealkylation sites (tertiary alicyclic amines) is 1. The Morgan fingerprint density at radius 1 is 1.29 bits per heavy atom. The van der Waals surface area contributed by atoms with Crippen LogP contribution in [0, 0.1) is 5.41 Å². The third-order valence-electron chi connectivity index (χ3n) is 3.62. The van der Waals surface area contributed by atoms with Crippen LogP contribution in [0.5, 0.6) is 0 Å². The minimum atomic E-state index is -2.48. The molecule has 2 aliphatic rings. The Kier molecular flexibility index (Phi) is 2.52. The molecule has 2 fully saturated rings. The van der Waals surface area contributed by atoms with Gasteiger partial charge in [-0.3, -0.25) is 0 Å². The Hall–Kier alpha value is -0.220. The molecule has 2 nitrogen and oxygen atoms in total. The number of piperidine rings is 2. The zero-order valence-corrected chi connectivity index (χ0v) is 8.65. The minimum Gasteiger partial charge on any atom is -0.316 e. The van der Waals surface area contributed by atoms with Gasteiger partial charge >= 0.3 is 0 Å². The van der Waals surface area contributed by atoms with E-state index in [0.717, 1.165) is 13.0 Å². The highest BCUT2D eigenvalue weighted by Gasteiger charge is 2.55. The summed E-state index contributed by atoms with van der Waals surface area (Å²) in [5.41, 5.74) is -0.793. The zero-order chi connectivity index (χ0) is 10.2. The molecule has 1 N–H and O–H groups in total. The molecule has 2 rings (SSSR count). The van der Waals surface area contributed by atoms with Crippen molar-refractivity contribution in [1.82, 2.24) is 10.2 Å². The van der Waals surface area contributed by atoms with Gasteiger partial charge in [0.05, 0.1) is 5.41 Å². The molecule has 0 bridgehead atoms. The average molecular weight is 204 g/mol. The molecule has 1 atom stereocenters. The van der Waals surface area contributed by atoms with Gasteiger partial charge in [-0.05, 0) is 26.4 Å². The first kappa shape index (κ1) is 10.3.